The van der Waals surface area contributed by atoms with Crippen molar-refractivity contribution in [3.05, 3.63) is 29.8 Å². The third-order valence-electron chi connectivity index (χ3n) is 6.84. The number of hydrogen-bond donors (Lipinski definition) is 2. The van der Waals surface area contributed by atoms with Crippen molar-refractivity contribution >= 4 is 29.4 Å². The Labute approximate surface area is 188 Å². The van der Waals surface area contributed by atoms with Gasteiger partial charge in [0.1, 0.15) is 5.54 Å². The van der Waals surface area contributed by atoms with Gasteiger partial charge in [0.2, 0.25) is 11.8 Å². The maximum atomic E-state index is 12.7. The number of amides is 5. The van der Waals surface area contributed by atoms with Crippen molar-refractivity contribution in [1.29, 1.82) is 0 Å². The Hall–Kier alpha value is -2.90. The number of anilines is 1. The topological polar surface area (TPSA) is 98.8 Å². The van der Waals surface area contributed by atoms with Crippen molar-refractivity contribution in [1.82, 2.24) is 15.5 Å². The molecule has 0 aromatic heterocycles. The second-order valence-electron chi connectivity index (χ2n) is 9.14. The first-order valence-corrected chi connectivity index (χ1v) is 11.7. The molecule has 3 aliphatic rings. The highest BCUT2D eigenvalue weighted by atomic mass is 16.2. The highest BCUT2D eigenvalue weighted by Crippen LogP contribution is 2.35. The molecule has 1 unspecified atom stereocenters. The number of hydrogen-bond acceptors (Lipinski definition) is 4. The number of carbonyl (C=O) groups excluding carboxylic acids is 4. The number of carbonyl (C=O) groups is 4. The van der Waals surface area contributed by atoms with Gasteiger partial charge in [0.05, 0.1) is 5.92 Å². The number of benzene rings is 1. The summed E-state index contributed by atoms with van der Waals surface area (Å²) in [6.07, 6.45) is 6.08. The van der Waals surface area contributed by atoms with Gasteiger partial charge in [-0.3, -0.25) is 19.3 Å². The van der Waals surface area contributed by atoms with E-state index in [1.807, 2.05) is 24.3 Å². The van der Waals surface area contributed by atoms with Crippen LogP contribution in [0.15, 0.2) is 24.3 Å². The van der Waals surface area contributed by atoms with Crippen LogP contribution >= 0.6 is 0 Å². The smallest absolute Gasteiger partial charge is 0.325 e. The molecular weight excluding hydrogens is 408 g/mol. The fraction of sp³-hybridized carbons (Fsp3) is 0.583. The molecule has 172 valence electrons. The van der Waals surface area contributed by atoms with E-state index in [9.17, 15) is 19.2 Å². The van der Waals surface area contributed by atoms with E-state index in [4.69, 9.17) is 0 Å². The number of nitrogens with zero attached hydrogens (tertiary/aromatic N) is 2. The second kappa shape index (κ2) is 9.30. The third-order valence-corrected chi connectivity index (χ3v) is 6.84. The van der Waals surface area contributed by atoms with E-state index < -0.39 is 11.5 Å². The average molecular weight is 441 g/mol. The van der Waals surface area contributed by atoms with E-state index in [0.717, 1.165) is 31.4 Å². The Morgan fingerprint density at radius 3 is 2.56 bits per heavy atom. The van der Waals surface area contributed by atoms with Gasteiger partial charge in [-0.1, -0.05) is 38.3 Å². The molecule has 1 saturated carbocycles. The molecule has 1 aromatic carbocycles. The predicted octanol–water partition coefficient (Wildman–Crippen LogP) is 2.36. The molecule has 5 amide bonds. The van der Waals surface area contributed by atoms with Gasteiger partial charge in [0.15, 0.2) is 0 Å². The maximum Gasteiger partial charge on any atom is 0.325 e. The van der Waals surface area contributed by atoms with E-state index in [2.05, 4.69) is 17.6 Å². The summed E-state index contributed by atoms with van der Waals surface area (Å²) in [5.74, 6) is -0.730. The van der Waals surface area contributed by atoms with Crippen LogP contribution < -0.4 is 15.5 Å². The Morgan fingerprint density at radius 2 is 1.88 bits per heavy atom. The second-order valence-corrected chi connectivity index (χ2v) is 9.14. The Bertz CT molecular complexity index is 892. The standard InChI is InChI=1S/C24H32N4O4/c1-2-6-17-7-9-19(10-8-17)28-16-18(15-20(28)29)21(30)25-13-5-14-27-22(31)24(26-23(27)32)11-3-4-12-24/h7-10,18H,2-6,11-16H2,1H3,(H,25,30)(H,26,32). The molecule has 4 rings (SSSR count). The third kappa shape index (κ3) is 4.36. The molecular formula is C24H32N4O4. The Kier molecular flexibility index (Phi) is 6.48. The molecule has 1 atom stereocenters. The van der Waals surface area contributed by atoms with Gasteiger partial charge in [-0.25, -0.2) is 4.79 Å². The number of imide groups is 1. The van der Waals surface area contributed by atoms with Crippen LogP contribution in [-0.2, 0) is 20.8 Å². The molecule has 0 bridgehead atoms. The van der Waals surface area contributed by atoms with Crippen LogP contribution in [0.1, 0.15) is 57.4 Å². The van der Waals surface area contributed by atoms with Gasteiger partial charge in [0.25, 0.3) is 5.91 Å². The lowest BCUT2D eigenvalue weighted by Gasteiger charge is -2.20. The minimum absolute atomic E-state index is 0.0467. The zero-order valence-corrected chi connectivity index (χ0v) is 18.7. The highest BCUT2D eigenvalue weighted by molar-refractivity contribution is 6.07. The normalized spacial score (nSPS) is 22.2. The van der Waals surface area contributed by atoms with Gasteiger partial charge in [0, 0.05) is 31.7 Å². The lowest BCUT2D eigenvalue weighted by molar-refractivity contribution is -0.131. The number of aryl methyl sites for hydroxylation is 1. The van der Waals surface area contributed by atoms with E-state index in [-0.39, 0.29) is 36.7 Å². The molecule has 1 aliphatic carbocycles. The Balaban J connectivity index is 1.23. The van der Waals surface area contributed by atoms with Gasteiger partial charge in [-0.05, 0) is 43.4 Å². The summed E-state index contributed by atoms with van der Waals surface area (Å²) in [5.41, 5.74) is 1.37. The molecule has 8 nitrogen and oxygen atoms in total. The van der Waals surface area contributed by atoms with E-state index in [1.165, 1.54) is 10.5 Å². The quantitative estimate of drug-likeness (QED) is 0.479. The van der Waals surface area contributed by atoms with Crippen LogP contribution in [0.5, 0.6) is 0 Å². The van der Waals surface area contributed by atoms with Gasteiger partial charge >= 0.3 is 6.03 Å². The van der Waals surface area contributed by atoms with Crippen molar-refractivity contribution < 1.29 is 19.2 Å². The summed E-state index contributed by atoms with van der Waals surface area (Å²) in [4.78, 5) is 52.9. The van der Waals surface area contributed by atoms with Crippen LogP contribution in [0.25, 0.3) is 0 Å². The van der Waals surface area contributed by atoms with Crippen molar-refractivity contribution in [3.8, 4) is 0 Å². The molecule has 0 radical (unpaired) electrons. The Morgan fingerprint density at radius 1 is 1.16 bits per heavy atom. The SMILES string of the molecule is CCCc1ccc(N2CC(C(=O)NCCCN3C(=O)NC4(CCCC4)C3=O)CC2=O)cc1. The molecule has 2 saturated heterocycles. The van der Waals surface area contributed by atoms with E-state index >= 15 is 0 Å². The van der Waals surface area contributed by atoms with Crippen molar-refractivity contribution in [3.63, 3.8) is 0 Å². The molecule has 32 heavy (non-hydrogen) atoms. The maximum absolute atomic E-state index is 12.7. The summed E-state index contributed by atoms with van der Waals surface area (Å²) >= 11 is 0. The van der Waals surface area contributed by atoms with Gasteiger partial charge in [-0.15, -0.1) is 0 Å². The molecule has 8 heteroatoms. The molecule has 1 spiro atoms. The largest absolute Gasteiger partial charge is 0.356 e. The number of nitrogens with one attached hydrogen (secondary N) is 2. The van der Waals surface area contributed by atoms with E-state index in [1.54, 1.807) is 4.90 Å². The highest BCUT2D eigenvalue weighted by Gasteiger charge is 2.52. The van der Waals surface area contributed by atoms with Crippen molar-refractivity contribution in [2.75, 3.05) is 24.5 Å². The first-order chi connectivity index (χ1) is 15.4. The summed E-state index contributed by atoms with van der Waals surface area (Å²) < 4.78 is 0. The summed E-state index contributed by atoms with van der Waals surface area (Å²) in [6, 6.07) is 7.62. The van der Waals surface area contributed by atoms with Crippen LogP contribution in [0.4, 0.5) is 10.5 Å². The van der Waals surface area contributed by atoms with Crippen molar-refractivity contribution in [2.24, 2.45) is 5.92 Å². The summed E-state index contributed by atoms with van der Waals surface area (Å²) in [5, 5.41) is 5.74. The first kappa shape index (κ1) is 22.3. The van der Waals surface area contributed by atoms with E-state index in [0.29, 0.717) is 32.4 Å². The van der Waals surface area contributed by atoms with Gasteiger partial charge < -0.3 is 15.5 Å². The molecule has 2 N–H and O–H groups in total. The monoisotopic (exact) mass is 440 g/mol. The lowest BCUT2D eigenvalue weighted by atomic mass is 9.98. The lowest BCUT2D eigenvalue weighted by Crippen LogP contribution is -2.44. The minimum atomic E-state index is -0.692. The molecule has 2 heterocycles. The molecule has 1 aromatic rings. The van der Waals surface area contributed by atoms with Crippen molar-refractivity contribution in [2.45, 2.75) is 63.8 Å². The predicted molar refractivity (Wildman–Crippen MR) is 120 cm³/mol. The van der Waals surface area contributed by atoms with Crippen LogP contribution in [0.3, 0.4) is 0 Å². The fourth-order valence-electron chi connectivity index (χ4n) is 5.05. The zero-order valence-electron chi connectivity index (χ0n) is 18.7. The first-order valence-electron chi connectivity index (χ1n) is 11.7. The van der Waals surface area contributed by atoms with Crippen LogP contribution in [0, 0.1) is 5.92 Å². The fourth-order valence-corrected chi connectivity index (χ4v) is 5.05. The van der Waals surface area contributed by atoms with Crippen LogP contribution in [0.2, 0.25) is 0 Å². The van der Waals surface area contributed by atoms with Crippen LogP contribution in [-0.4, -0.2) is 53.8 Å². The molecule has 2 aliphatic heterocycles. The number of rotatable bonds is 8. The average Bonchev–Trinajstić information content (AvgIpc) is 3.46. The number of urea groups is 1. The molecule has 3 fully saturated rings. The minimum Gasteiger partial charge on any atom is -0.356 e. The zero-order chi connectivity index (χ0) is 22.7. The summed E-state index contributed by atoms with van der Waals surface area (Å²) in [6.45, 7) is 3.14. The van der Waals surface area contributed by atoms with Gasteiger partial charge in [-0.2, -0.15) is 0 Å². The summed E-state index contributed by atoms with van der Waals surface area (Å²) in [7, 11) is 0.